The molecule has 0 spiro atoms. The number of hydrazine groups is 2. The third-order valence-corrected chi connectivity index (χ3v) is 0.598. The highest BCUT2D eigenvalue weighted by molar-refractivity contribution is 5.72. The molecule has 0 unspecified atom stereocenters. The maximum absolute atomic E-state index is 9.94. The number of carboxylic acids is 1. The zero-order valence-electron chi connectivity index (χ0n) is 5.19. The molecule has 7 heteroatoms. The summed E-state index contributed by atoms with van der Waals surface area (Å²) in [7, 11) is 0. The maximum Gasteiger partial charge on any atom is 0.324 e. The molecule has 0 aromatic heterocycles. The Morgan fingerprint density at radius 3 is 2.90 bits per heavy atom. The molecule has 0 saturated heterocycles. The van der Waals surface area contributed by atoms with E-state index in [1.807, 2.05) is 5.53 Å². The number of nitrogens with zero attached hydrogens (tertiary/aromatic N) is 2. The quantitative estimate of drug-likeness (QED) is 0.153. The number of hydrazone groups is 1. The molecule has 0 bridgehead atoms. The Kier molecular flexibility index (Phi) is 3.92. The SMILES string of the molecule is NNN=CN(N)CC(=O)O. The second-order valence-electron chi connectivity index (χ2n) is 1.44. The molecule has 0 aliphatic rings. The van der Waals surface area contributed by atoms with E-state index in [1.165, 1.54) is 0 Å². The van der Waals surface area contributed by atoms with Gasteiger partial charge in [0.15, 0.2) is 0 Å². The summed E-state index contributed by atoms with van der Waals surface area (Å²) >= 11 is 0. The van der Waals surface area contributed by atoms with Crippen molar-refractivity contribution in [2.75, 3.05) is 6.54 Å². The van der Waals surface area contributed by atoms with Gasteiger partial charge in [0.2, 0.25) is 0 Å². The predicted molar refractivity (Wildman–Crippen MR) is 34.3 cm³/mol. The van der Waals surface area contributed by atoms with Crippen molar-refractivity contribution in [2.45, 2.75) is 0 Å². The first-order valence-corrected chi connectivity index (χ1v) is 2.38. The average molecular weight is 147 g/mol. The van der Waals surface area contributed by atoms with Crippen molar-refractivity contribution < 1.29 is 9.90 Å². The molecule has 0 aromatic carbocycles. The molecule has 0 aromatic rings. The largest absolute Gasteiger partial charge is 0.480 e. The van der Waals surface area contributed by atoms with Gasteiger partial charge in [-0.3, -0.25) is 9.80 Å². The zero-order chi connectivity index (χ0) is 7.98. The van der Waals surface area contributed by atoms with Crippen LogP contribution in [0.25, 0.3) is 0 Å². The van der Waals surface area contributed by atoms with Crippen molar-refractivity contribution in [3.05, 3.63) is 0 Å². The number of rotatable bonds is 4. The molecule has 6 N–H and O–H groups in total. The van der Waals surface area contributed by atoms with E-state index in [2.05, 4.69) is 5.10 Å². The first-order valence-electron chi connectivity index (χ1n) is 2.38. The topological polar surface area (TPSA) is 117 Å². The average Bonchev–Trinajstić information content (AvgIpc) is 1.82. The molecular weight excluding hydrogens is 138 g/mol. The van der Waals surface area contributed by atoms with Crippen LogP contribution in [0.5, 0.6) is 0 Å². The minimum absolute atomic E-state index is 0.314. The summed E-state index contributed by atoms with van der Waals surface area (Å²) in [6.45, 7) is -0.314. The predicted octanol–water partition coefficient (Wildman–Crippen LogP) is -2.35. The molecule has 0 radical (unpaired) electrons. The Bertz CT molecular complexity index is 135. The lowest BCUT2D eigenvalue weighted by atomic mass is 10.6. The van der Waals surface area contributed by atoms with Gasteiger partial charge in [-0.1, -0.05) is 0 Å². The number of nitrogens with two attached hydrogens (primary N) is 2. The van der Waals surface area contributed by atoms with Crippen molar-refractivity contribution in [2.24, 2.45) is 16.8 Å². The first-order chi connectivity index (χ1) is 4.66. The maximum atomic E-state index is 9.94. The van der Waals surface area contributed by atoms with Crippen LogP contribution in [0.3, 0.4) is 0 Å². The van der Waals surface area contributed by atoms with Crippen molar-refractivity contribution in [3.63, 3.8) is 0 Å². The number of nitrogens with one attached hydrogen (secondary N) is 1. The van der Waals surface area contributed by atoms with E-state index < -0.39 is 5.97 Å². The van der Waals surface area contributed by atoms with Gasteiger partial charge < -0.3 is 5.11 Å². The van der Waals surface area contributed by atoms with Crippen LogP contribution >= 0.6 is 0 Å². The molecule has 0 rings (SSSR count). The molecule has 0 saturated carbocycles. The van der Waals surface area contributed by atoms with E-state index in [1.54, 1.807) is 0 Å². The Labute approximate surface area is 57.2 Å². The Morgan fingerprint density at radius 2 is 2.50 bits per heavy atom. The minimum Gasteiger partial charge on any atom is -0.480 e. The van der Waals surface area contributed by atoms with Crippen molar-refractivity contribution in [3.8, 4) is 0 Å². The van der Waals surface area contributed by atoms with E-state index in [-0.39, 0.29) is 6.54 Å². The molecule has 0 aliphatic heterocycles. The van der Waals surface area contributed by atoms with Crippen molar-refractivity contribution in [1.82, 2.24) is 10.5 Å². The Hall–Kier alpha value is -1.34. The lowest BCUT2D eigenvalue weighted by molar-refractivity contribution is -0.137. The van der Waals surface area contributed by atoms with Crippen LogP contribution in [0, 0.1) is 0 Å². The molecule has 0 amide bonds. The van der Waals surface area contributed by atoms with Crippen LogP contribution in [-0.2, 0) is 4.79 Å². The molecule has 58 valence electrons. The monoisotopic (exact) mass is 147 g/mol. The fourth-order valence-electron chi connectivity index (χ4n) is 0.305. The van der Waals surface area contributed by atoms with Gasteiger partial charge in [0, 0.05) is 0 Å². The smallest absolute Gasteiger partial charge is 0.324 e. The number of aliphatic carboxylic acids is 1. The van der Waals surface area contributed by atoms with Gasteiger partial charge >= 0.3 is 5.97 Å². The van der Waals surface area contributed by atoms with Crippen LogP contribution in [-0.4, -0.2) is 29.0 Å². The molecule has 0 aliphatic carbocycles. The summed E-state index contributed by atoms with van der Waals surface area (Å²) < 4.78 is 0. The highest BCUT2D eigenvalue weighted by atomic mass is 16.4. The number of hydrogen-bond acceptors (Lipinski definition) is 5. The van der Waals surface area contributed by atoms with Gasteiger partial charge in [-0.05, 0) is 0 Å². The summed E-state index contributed by atoms with van der Waals surface area (Å²) in [5, 5.41) is 12.3. The third kappa shape index (κ3) is 4.81. The van der Waals surface area contributed by atoms with Crippen LogP contribution in [0.4, 0.5) is 0 Å². The second-order valence-corrected chi connectivity index (χ2v) is 1.44. The second kappa shape index (κ2) is 4.53. The van der Waals surface area contributed by atoms with Gasteiger partial charge in [-0.2, -0.15) is 5.10 Å². The van der Waals surface area contributed by atoms with Gasteiger partial charge in [0.1, 0.15) is 12.9 Å². The van der Waals surface area contributed by atoms with Crippen LogP contribution < -0.4 is 17.2 Å². The summed E-state index contributed by atoms with van der Waals surface area (Å²) in [5.74, 6) is 8.76. The van der Waals surface area contributed by atoms with Gasteiger partial charge in [0.25, 0.3) is 0 Å². The number of carboxylic acid groups (broad SMARTS) is 1. The molecule has 10 heavy (non-hydrogen) atoms. The van der Waals surface area contributed by atoms with E-state index in [0.29, 0.717) is 0 Å². The van der Waals surface area contributed by atoms with Gasteiger partial charge in [-0.15, -0.1) is 0 Å². The number of carbonyl (C=O) groups is 1. The molecule has 7 nitrogen and oxygen atoms in total. The standard InChI is InChI=1S/C3H9N5O2/c4-7-6-2-8(5)1-3(9)10/h2,7H,1,4-5H2,(H,9,10). The van der Waals surface area contributed by atoms with E-state index in [4.69, 9.17) is 16.8 Å². The third-order valence-electron chi connectivity index (χ3n) is 0.598. The Morgan fingerprint density at radius 1 is 1.90 bits per heavy atom. The van der Waals surface area contributed by atoms with E-state index in [0.717, 1.165) is 11.3 Å². The molecule has 0 atom stereocenters. The molecule has 0 fully saturated rings. The highest BCUT2D eigenvalue weighted by Gasteiger charge is 1.98. The van der Waals surface area contributed by atoms with E-state index >= 15 is 0 Å². The Balaban J connectivity index is 3.52. The summed E-state index contributed by atoms with van der Waals surface area (Å²) in [6.07, 6.45) is 1.06. The number of hydrogen-bond donors (Lipinski definition) is 4. The minimum atomic E-state index is -1.04. The summed E-state index contributed by atoms with van der Waals surface area (Å²) in [6, 6.07) is 0. The first kappa shape index (κ1) is 8.66. The fourth-order valence-corrected chi connectivity index (χ4v) is 0.305. The fraction of sp³-hybridized carbons (Fsp3) is 0.333. The van der Waals surface area contributed by atoms with Gasteiger partial charge in [-0.25, -0.2) is 17.2 Å². The lowest BCUT2D eigenvalue weighted by Crippen LogP contribution is -2.35. The zero-order valence-corrected chi connectivity index (χ0v) is 5.19. The normalized spacial score (nSPS) is 9.80. The van der Waals surface area contributed by atoms with Crippen molar-refractivity contribution in [1.29, 1.82) is 0 Å². The van der Waals surface area contributed by atoms with E-state index in [9.17, 15) is 4.79 Å². The molecular formula is C3H9N5O2. The van der Waals surface area contributed by atoms with Crippen LogP contribution in [0.1, 0.15) is 0 Å². The van der Waals surface area contributed by atoms with Gasteiger partial charge in [0.05, 0.1) is 0 Å². The highest BCUT2D eigenvalue weighted by Crippen LogP contribution is 1.69. The lowest BCUT2D eigenvalue weighted by Gasteiger charge is -2.06. The van der Waals surface area contributed by atoms with Crippen LogP contribution in [0.15, 0.2) is 5.10 Å². The molecule has 0 heterocycles. The summed E-state index contributed by atoms with van der Waals surface area (Å²) in [4.78, 5) is 9.94. The van der Waals surface area contributed by atoms with Crippen molar-refractivity contribution >= 4 is 12.3 Å². The van der Waals surface area contributed by atoms with Crippen LogP contribution in [0.2, 0.25) is 0 Å². The summed E-state index contributed by atoms with van der Waals surface area (Å²) in [5.41, 5.74) is 1.93.